The molecule has 0 bridgehead atoms. The number of rotatable bonds is 12. The third-order valence-corrected chi connectivity index (χ3v) is 4.62. The molecule has 0 radical (unpaired) electrons. The fourth-order valence-electron chi connectivity index (χ4n) is 2.74. The molecule has 1 heterocycles. The average Bonchev–Trinajstić information content (AvgIpc) is 2.83. The van der Waals surface area contributed by atoms with Crippen molar-refractivity contribution < 1.29 is 26.9 Å². The number of unbranched alkanes of at least 4 members (excludes halogenated alkanes) is 3. The van der Waals surface area contributed by atoms with Crippen LogP contribution in [0.4, 0.5) is 0 Å². The highest BCUT2D eigenvalue weighted by molar-refractivity contribution is 7.85. The Hall–Kier alpha value is -1.77. The van der Waals surface area contributed by atoms with E-state index in [0.29, 0.717) is 37.3 Å². The Morgan fingerprint density at radius 3 is 2.04 bits per heavy atom. The molecular weight excluding hydrogens is 358 g/mol. The maximum atomic E-state index is 12.2. The summed E-state index contributed by atoms with van der Waals surface area (Å²) in [7, 11) is -3.37. The molecule has 0 saturated carbocycles. The van der Waals surface area contributed by atoms with E-state index < -0.39 is 10.1 Å². The average molecular weight is 383 g/mol. The molecule has 0 fully saturated rings. The van der Waals surface area contributed by atoms with Crippen molar-refractivity contribution in [3.63, 3.8) is 0 Å². The van der Waals surface area contributed by atoms with Crippen LogP contribution in [0, 0.1) is 0 Å². The predicted octanol–water partition coefficient (Wildman–Crippen LogP) is 2.23. The molecule has 0 aromatic heterocycles. The second-order valence-corrected chi connectivity index (χ2v) is 7.86. The highest BCUT2D eigenvalue weighted by Gasteiger charge is 2.34. The normalized spacial score (nSPS) is 14.1. The van der Waals surface area contributed by atoms with Gasteiger partial charge < -0.3 is 4.74 Å². The number of ether oxygens (including phenoxy) is 1. The summed E-state index contributed by atoms with van der Waals surface area (Å²) >= 11 is 0. The van der Waals surface area contributed by atoms with Gasteiger partial charge in [-0.2, -0.15) is 8.42 Å². The first-order valence-corrected chi connectivity index (χ1v) is 10.6. The number of amides is 2. The van der Waals surface area contributed by atoms with Gasteiger partial charge in [0.2, 0.25) is 0 Å². The van der Waals surface area contributed by atoms with Crippen LogP contribution in [0.2, 0.25) is 0 Å². The van der Waals surface area contributed by atoms with Crippen molar-refractivity contribution in [3.8, 4) is 0 Å². The van der Waals surface area contributed by atoms with Crippen LogP contribution in [0.5, 0.6) is 0 Å². The fourth-order valence-corrected chi connectivity index (χ4v) is 3.16. The maximum absolute atomic E-state index is 12.2. The summed E-state index contributed by atoms with van der Waals surface area (Å²) in [6.45, 7) is 1.64. The zero-order chi connectivity index (χ0) is 19.0. The number of imide groups is 1. The van der Waals surface area contributed by atoms with Gasteiger partial charge in [0.05, 0.1) is 24.0 Å². The summed E-state index contributed by atoms with van der Waals surface area (Å²) in [5.41, 5.74) is 0.983. The lowest BCUT2D eigenvalue weighted by molar-refractivity contribution is 0.0650. The summed E-state index contributed by atoms with van der Waals surface area (Å²) in [4.78, 5) is 25.7. The Kier molecular flexibility index (Phi) is 7.74. The van der Waals surface area contributed by atoms with E-state index in [1.54, 1.807) is 24.3 Å². The molecule has 2 rings (SSSR count). The molecule has 1 aliphatic heterocycles. The van der Waals surface area contributed by atoms with Gasteiger partial charge in [-0.25, -0.2) is 0 Å². The Morgan fingerprint density at radius 2 is 1.42 bits per heavy atom. The molecule has 0 atom stereocenters. The van der Waals surface area contributed by atoms with Gasteiger partial charge in [0, 0.05) is 19.8 Å². The summed E-state index contributed by atoms with van der Waals surface area (Å²) < 4.78 is 31.5. The van der Waals surface area contributed by atoms with E-state index in [1.807, 2.05) is 0 Å². The van der Waals surface area contributed by atoms with E-state index in [0.717, 1.165) is 31.9 Å². The van der Waals surface area contributed by atoms with E-state index in [2.05, 4.69) is 4.18 Å². The van der Waals surface area contributed by atoms with Crippen molar-refractivity contribution in [2.24, 2.45) is 0 Å². The zero-order valence-corrected chi connectivity index (χ0v) is 15.8. The Morgan fingerprint density at radius 1 is 0.846 bits per heavy atom. The maximum Gasteiger partial charge on any atom is 0.264 e. The van der Waals surface area contributed by atoms with E-state index in [4.69, 9.17) is 4.74 Å². The molecule has 26 heavy (non-hydrogen) atoms. The first-order chi connectivity index (χ1) is 12.4. The first kappa shape index (κ1) is 20.5. The molecule has 144 valence electrons. The number of hydrogen-bond acceptors (Lipinski definition) is 6. The van der Waals surface area contributed by atoms with Crippen LogP contribution in [0.3, 0.4) is 0 Å². The standard InChI is InChI=1S/C18H25NO6S/c1-26(22,23)25-14-8-13-24-12-7-3-2-6-11-19-17(20)15-9-4-5-10-16(15)18(19)21/h4-5,9-10H,2-3,6-8,11-14H2,1H3. The molecule has 7 nitrogen and oxygen atoms in total. The summed E-state index contributed by atoms with van der Waals surface area (Å²) in [6, 6.07) is 6.91. The lowest BCUT2D eigenvalue weighted by Crippen LogP contribution is -2.30. The quantitative estimate of drug-likeness (QED) is 0.312. The van der Waals surface area contributed by atoms with E-state index >= 15 is 0 Å². The molecule has 8 heteroatoms. The highest BCUT2D eigenvalue weighted by Crippen LogP contribution is 2.22. The van der Waals surface area contributed by atoms with Crippen LogP contribution < -0.4 is 0 Å². The smallest absolute Gasteiger partial charge is 0.264 e. The number of carbonyl (C=O) groups is 2. The monoisotopic (exact) mass is 383 g/mol. The van der Waals surface area contributed by atoms with Crippen molar-refractivity contribution >= 4 is 21.9 Å². The van der Waals surface area contributed by atoms with Gasteiger partial charge in [0.1, 0.15) is 0 Å². The number of nitrogens with zero attached hydrogens (tertiary/aromatic N) is 1. The number of hydrogen-bond donors (Lipinski definition) is 0. The minimum atomic E-state index is -3.37. The minimum Gasteiger partial charge on any atom is -0.381 e. The highest BCUT2D eigenvalue weighted by atomic mass is 32.2. The largest absolute Gasteiger partial charge is 0.381 e. The van der Waals surface area contributed by atoms with Crippen LogP contribution >= 0.6 is 0 Å². The van der Waals surface area contributed by atoms with Gasteiger partial charge in [0.25, 0.3) is 21.9 Å². The van der Waals surface area contributed by atoms with Crippen molar-refractivity contribution in [1.29, 1.82) is 0 Å². The Labute approximate surface area is 154 Å². The van der Waals surface area contributed by atoms with E-state index in [-0.39, 0.29) is 18.4 Å². The second-order valence-electron chi connectivity index (χ2n) is 6.21. The van der Waals surface area contributed by atoms with E-state index in [1.165, 1.54) is 4.90 Å². The van der Waals surface area contributed by atoms with Crippen molar-refractivity contribution in [2.45, 2.75) is 32.1 Å². The Bertz CT molecular complexity index is 696. The molecular formula is C18H25NO6S. The fraction of sp³-hybridized carbons (Fsp3) is 0.556. The molecule has 0 spiro atoms. The predicted molar refractivity (Wildman–Crippen MR) is 96.5 cm³/mol. The van der Waals surface area contributed by atoms with E-state index in [9.17, 15) is 18.0 Å². The summed E-state index contributed by atoms with van der Waals surface area (Å²) in [6.07, 6.45) is 5.07. The molecule has 0 aliphatic carbocycles. The van der Waals surface area contributed by atoms with Crippen LogP contribution in [-0.2, 0) is 19.0 Å². The molecule has 0 unspecified atom stereocenters. The molecule has 0 saturated heterocycles. The first-order valence-electron chi connectivity index (χ1n) is 8.77. The van der Waals surface area contributed by atoms with Crippen LogP contribution in [0.1, 0.15) is 52.8 Å². The third kappa shape index (κ3) is 6.19. The zero-order valence-electron chi connectivity index (χ0n) is 15.0. The molecule has 1 aromatic rings. The minimum absolute atomic E-state index is 0.138. The van der Waals surface area contributed by atoms with Crippen LogP contribution in [0.15, 0.2) is 24.3 Å². The van der Waals surface area contributed by atoms with Gasteiger partial charge >= 0.3 is 0 Å². The van der Waals surface area contributed by atoms with Crippen LogP contribution in [-0.4, -0.2) is 57.8 Å². The number of fused-ring (bicyclic) bond motifs is 1. The summed E-state index contributed by atoms with van der Waals surface area (Å²) in [5, 5.41) is 0. The number of carbonyl (C=O) groups excluding carboxylic acids is 2. The second kappa shape index (κ2) is 9.80. The van der Waals surface area contributed by atoms with Crippen molar-refractivity contribution in [2.75, 3.05) is 32.6 Å². The molecule has 2 amide bonds. The van der Waals surface area contributed by atoms with Gasteiger partial charge in [-0.15, -0.1) is 0 Å². The Balaban J connectivity index is 1.50. The topological polar surface area (TPSA) is 90.0 Å². The molecule has 1 aliphatic rings. The van der Waals surface area contributed by atoms with Gasteiger partial charge in [-0.05, 0) is 31.4 Å². The van der Waals surface area contributed by atoms with Crippen LogP contribution in [0.25, 0.3) is 0 Å². The lowest BCUT2D eigenvalue weighted by atomic mass is 10.1. The lowest BCUT2D eigenvalue weighted by Gasteiger charge is -2.13. The van der Waals surface area contributed by atoms with Crippen molar-refractivity contribution in [1.82, 2.24) is 4.90 Å². The molecule has 1 aromatic carbocycles. The summed E-state index contributed by atoms with van der Waals surface area (Å²) in [5.74, 6) is -0.407. The SMILES string of the molecule is CS(=O)(=O)OCCCOCCCCCCN1C(=O)c2ccccc2C1=O. The van der Waals surface area contributed by atoms with Gasteiger partial charge in [-0.1, -0.05) is 25.0 Å². The van der Waals surface area contributed by atoms with Crippen molar-refractivity contribution in [3.05, 3.63) is 35.4 Å². The van der Waals surface area contributed by atoms with Gasteiger partial charge in [-0.3, -0.25) is 18.7 Å². The molecule has 0 N–H and O–H groups in total. The number of benzene rings is 1. The van der Waals surface area contributed by atoms with Gasteiger partial charge in [0.15, 0.2) is 0 Å². The third-order valence-electron chi connectivity index (χ3n) is 4.03.